The molecule has 0 aromatic heterocycles. The summed E-state index contributed by atoms with van der Waals surface area (Å²) in [5.41, 5.74) is 0. The quantitative estimate of drug-likeness (QED) is 0.549. The van der Waals surface area contributed by atoms with Gasteiger partial charge in [0, 0.05) is 0 Å². The summed E-state index contributed by atoms with van der Waals surface area (Å²) in [4.78, 5) is 0. The number of benzene rings is 1. The molecule has 0 heterocycles. The maximum atomic E-state index is 3.41. The first-order chi connectivity index (χ1) is 4.43. The Bertz CT molecular complexity index is 162. The molecule has 0 bridgehead atoms. The molecule has 0 amide bonds. The molecule has 0 aliphatic rings. The van der Waals surface area contributed by atoms with Crippen molar-refractivity contribution in [1.29, 1.82) is 0 Å². The molecule has 48 valence electrons. The van der Waals surface area contributed by atoms with Gasteiger partial charge in [0.25, 0.3) is 0 Å². The van der Waals surface area contributed by atoms with Crippen LogP contribution in [0.5, 0.6) is 0 Å². The van der Waals surface area contributed by atoms with Gasteiger partial charge < -0.3 is 0 Å². The fourth-order valence-corrected chi connectivity index (χ4v) is 2.95. The van der Waals surface area contributed by atoms with Crippen molar-refractivity contribution in [2.45, 2.75) is 0 Å². The molecule has 0 aliphatic carbocycles. The van der Waals surface area contributed by atoms with Gasteiger partial charge in [0.2, 0.25) is 0 Å². The Balaban J connectivity index is 2.61. The molecule has 0 N–H and O–H groups in total. The van der Waals surface area contributed by atoms with Gasteiger partial charge in [-0.15, -0.1) is 0 Å². The minimum absolute atomic E-state index is 0.626. The summed E-state index contributed by atoms with van der Waals surface area (Å²) < 4.78 is 2.58. The fraction of sp³-hybridized carbons (Fsp3) is 0.143. The number of alkyl halides is 1. The average molecular weight is 250 g/mol. The van der Waals surface area contributed by atoms with Crippen LogP contribution in [0.25, 0.3) is 0 Å². The summed E-state index contributed by atoms with van der Waals surface area (Å²) in [5.74, 6) is 0. The van der Waals surface area contributed by atoms with Crippen molar-refractivity contribution in [3.8, 4) is 0 Å². The molecule has 0 nitrogen and oxygen atoms in total. The number of halogens is 1. The molecule has 2 heteroatoms. The van der Waals surface area contributed by atoms with Gasteiger partial charge >= 0.3 is 69.9 Å². The van der Waals surface area contributed by atoms with E-state index in [-0.39, 0.29) is 0 Å². The second kappa shape index (κ2) is 4.10. The van der Waals surface area contributed by atoms with Crippen LogP contribution in [0.15, 0.2) is 30.3 Å². The SMILES string of the molecule is BrC[Se]c1ccccc1. The van der Waals surface area contributed by atoms with Crippen LogP contribution in [0.3, 0.4) is 0 Å². The van der Waals surface area contributed by atoms with Crippen molar-refractivity contribution in [3.63, 3.8) is 0 Å². The molecule has 0 unspecified atom stereocenters. The Hall–Kier alpha value is 0.219. The summed E-state index contributed by atoms with van der Waals surface area (Å²) in [6, 6.07) is 10.6. The van der Waals surface area contributed by atoms with Crippen LogP contribution in [0.4, 0.5) is 0 Å². The molecule has 0 atom stereocenters. The first-order valence-corrected chi connectivity index (χ1v) is 5.86. The predicted molar refractivity (Wildman–Crippen MR) is 45.6 cm³/mol. The van der Waals surface area contributed by atoms with Gasteiger partial charge in [0.1, 0.15) is 0 Å². The van der Waals surface area contributed by atoms with E-state index in [0.29, 0.717) is 15.0 Å². The Morgan fingerprint density at radius 2 is 1.89 bits per heavy atom. The Morgan fingerprint density at radius 1 is 1.22 bits per heavy atom. The van der Waals surface area contributed by atoms with Gasteiger partial charge in [-0.3, -0.25) is 0 Å². The van der Waals surface area contributed by atoms with Gasteiger partial charge in [0.05, 0.1) is 0 Å². The van der Waals surface area contributed by atoms with E-state index in [4.69, 9.17) is 0 Å². The zero-order chi connectivity index (χ0) is 6.53. The number of rotatable bonds is 2. The van der Waals surface area contributed by atoms with E-state index in [1.165, 1.54) is 4.46 Å². The van der Waals surface area contributed by atoms with E-state index in [1.54, 1.807) is 0 Å². The number of hydrogen-bond donors (Lipinski definition) is 0. The molecular weight excluding hydrogens is 243 g/mol. The van der Waals surface area contributed by atoms with Crippen LogP contribution in [-0.2, 0) is 0 Å². The summed E-state index contributed by atoms with van der Waals surface area (Å²) in [5, 5.41) is 0. The average Bonchev–Trinajstić information content (AvgIpc) is 1.91. The van der Waals surface area contributed by atoms with Crippen LogP contribution >= 0.6 is 15.9 Å². The molecule has 0 saturated carbocycles. The molecule has 9 heavy (non-hydrogen) atoms. The third kappa shape index (κ3) is 2.53. The first kappa shape index (κ1) is 7.33. The van der Waals surface area contributed by atoms with Crippen molar-refractivity contribution < 1.29 is 0 Å². The second-order valence-electron chi connectivity index (χ2n) is 1.57. The Kier molecular flexibility index (Phi) is 3.34. The molecular formula is C7H7BrSe. The van der Waals surface area contributed by atoms with E-state index in [9.17, 15) is 0 Å². The summed E-state index contributed by atoms with van der Waals surface area (Å²) >= 11 is 4.04. The topological polar surface area (TPSA) is 0 Å². The summed E-state index contributed by atoms with van der Waals surface area (Å²) in [6.07, 6.45) is 0. The van der Waals surface area contributed by atoms with Crippen LogP contribution in [0.1, 0.15) is 0 Å². The second-order valence-corrected chi connectivity index (χ2v) is 6.00. The zero-order valence-corrected chi connectivity index (χ0v) is 8.18. The molecule has 0 spiro atoms. The molecule has 1 aromatic carbocycles. The molecule has 0 aliphatic heterocycles. The van der Waals surface area contributed by atoms with Crippen molar-refractivity contribution in [2.75, 3.05) is 4.23 Å². The molecule has 0 fully saturated rings. The van der Waals surface area contributed by atoms with Crippen LogP contribution in [0.2, 0.25) is 0 Å². The van der Waals surface area contributed by atoms with Gasteiger partial charge in [-0.05, 0) is 0 Å². The van der Waals surface area contributed by atoms with Gasteiger partial charge in [-0.2, -0.15) is 0 Å². The van der Waals surface area contributed by atoms with E-state index in [1.807, 2.05) is 6.07 Å². The standard InChI is InChI=1S/C7H7BrSe/c8-6-9-7-4-2-1-3-5-7/h1-5H,6H2. The summed E-state index contributed by atoms with van der Waals surface area (Å²) in [6.45, 7) is 0. The van der Waals surface area contributed by atoms with Gasteiger partial charge in [0.15, 0.2) is 0 Å². The van der Waals surface area contributed by atoms with E-state index >= 15 is 0 Å². The van der Waals surface area contributed by atoms with Crippen LogP contribution < -0.4 is 4.46 Å². The normalized spacial score (nSPS) is 9.44. The molecule has 0 radical (unpaired) electrons. The van der Waals surface area contributed by atoms with Crippen LogP contribution in [0, 0.1) is 0 Å². The predicted octanol–water partition coefficient (Wildman–Crippen LogP) is 1.37. The zero-order valence-electron chi connectivity index (χ0n) is 4.88. The molecule has 1 aromatic rings. The Morgan fingerprint density at radius 3 is 2.44 bits per heavy atom. The number of hydrogen-bond acceptors (Lipinski definition) is 0. The van der Waals surface area contributed by atoms with Crippen molar-refractivity contribution >= 4 is 35.3 Å². The van der Waals surface area contributed by atoms with E-state index in [0.717, 1.165) is 4.23 Å². The van der Waals surface area contributed by atoms with Crippen molar-refractivity contribution in [1.82, 2.24) is 0 Å². The van der Waals surface area contributed by atoms with Crippen molar-refractivity contribution in [3.05, 3.63) is 30.3 Å². The van der Waals surface area contributed by atoms with Crippen molar-refractivity contribution in [2.24, 2.45) is 0 Å². The van der Waals surface area contributed by atoms with Gasteiger partial charge in [-0.1, -0.05) is 0 Å². The van der Waals surface area contributed by atoms with E-state index < -0.39 is 0 Å². The third-order valence-electron chi connectivity index (χ3n) is 0.964. The monoisotopic (exact) mass is 250 g/mol. The molecule has 0 saturated heterocycles. The van der Waals surface area contributed by atoms with Gasteiger partial charge in [-0.25, -0.2) is 0 Å². The minimum atomic E-state index is 0.626. The van der Waals surface area contributed by atoms with Crippen LogP contribution in [-0.4, -0.2) is 19.2 Å². The molecule has 1 rings (SSSR count). The fourth-order valence-electron chi connectivity index (χ4n) is 0.580. The first-order valence-electron chi connectivity index (χ1n) is 2.67. The summed E-state index contributed by atoms with van der Waals surface area (Å²) in [7, 11) is 0. The maximum absolute atomic E-state index is 3.41. The Labute approximate surface area is 69.9 Å². The van der Waals surface area contributed by atoms with E-state index in [2.05, 4.69) is 40.2 Å². The third-order valence-corrected chi connectivity index (χ3v) is 3.65.